The van der Waals surface area contributed by atoms with Crippen LogP contribution in [0.1, 0.15) is 69.8 Å². The van der Waals surface area contributed by atoms with Gasteiger partial charge in [0.15, 0.2) is 36.2 Å². The van der Waals surface area contributed by atoms with Gasteiger partial charge in [-0.1, -0.05) is 64.1 Å². The zero-order chi connectivity index (χ0) is 55.9. The second kappa shape index (κ2) is 30.7. The number of ketones is 1. The van der Waals surface area contributed by atoms with Gasteiger partial charge in [-0.2, -0.15) is 5.48 Å². The predicted octanol–water partition coefficient (Wildman–Crippen LogP) is 5.37. The summed E-state index contributed by atoms with van der Waals surface area (Å²) in [4.78, 5) is 47.1. The van der Waals surface area contributed by atoms with Crippen molar-refractivity contribution in [3.05, 3.63) is 49.8 Å². The molecule has 422 valence electrons. The summed E-state index contributed by atoms with van der Waals surface area (Å²) in [7, 11) is 11.7. The fourth-order valence-corrected chi connectivity index (χ4v) is 13.4. The number of allylic oxidation sites excluding steroid dienone is 3. The highest BCUT2D eigenvalue weighted by molar-refractivity contribution is 14.1. The number of nitrogens with one attached hydrogen (secondary N) is 3. The van der Waals surface area contributed by atoms with Gasteiger partial charge in [-0.15, -0.1) is 5.92 Å². The van der Waals surface area contributed by atoms with Gasteiger partial charge in [-0.3, -0.25) is 19.7 Å². The largest absolute Gasteiger partial charge is 0.492 e. The van der Waals surface area contributed by atoms with Gasteiger partial charge in [0.05, 0.1) is 97.2 Å². The molecule has 76 heavy (non-hydrogen) atoms. The van der Waals surface area contributed by atoms with Crippen molar-refractivity contribution in [3.63, 3.8) is 0 Å². The van der Waals surface area contributed by atoms with Crippen LogP contribution in [-0.2, 0) is 42.8 Å². The van der Waals surface area contributed by atoms with Crippen LogP contribution in [0, 0.1) is 34.2 Å². The van der Waals surface area contributed by atoms with Crippen LogP contribution in [0.4, 0.5) is 4.79 Å². The molecular formula is C51H70IN3O17S4. The summed E-state index contributed by atoms with van der Waals surface area (Å²) in [5.41, 5.74) is 2.11. The molecule has 20 nitrogen and oxygen atoms in total. The van der Waals surface area contributed by atoms with E-state index in [9.17, 15) is 29.7 Å². The van der Waals surface area contributed by atoms with E-state index in [1.165, 1.54) is 71.8 Å². The minimum absolute atomic E-state index is 0.0341. The van der Waals surface area contributed by atoms with E-state index in [0.717, 1.165) is 18.9 Å². The molecule has 0 spiro atoms. The summed E-state index contributed by atoms with van der Waals surface area (Å²) in [5, 5.41) is 40.8. The molecule has 5 rings (SSSR count). The first-order valence-corrected chi connectivity index (χ1v) is 30.3. The molecule has 14 atom stereocenters. The topological polar surface area (TPSA) is 250 Å². The Morgan fingerprint density at radius 3 is 2.34 bits per heavy atom. The zero-order valence-corrected chi connectivity index (χ0v) is 50.0. The summed E-state index contributed by atoms with van der Waals surface area (Å²) in [6.45, 7) is 11.1. The number of methoxy groups -OCH3 is 5. The van der Waals surface area contributed by atoms with Crippen LogP contribution in [0.2, 0.25) is 0 Å². The number of likely N-dealkylation sites (N-methyl/N-ethyl adjacent to an activating group) is 1. The van der Waals surface area contributed by atoms with E-state index in [2.05, 4.69) is 62.4 Å². The monoisotopic (exact) mass is 1250 g/mol. The maximum absolute atomic E-state index is 14.1. The Labute approximate surface area is 474 Å². The third kappa shape index (κ3) is 16.0. The number of thioether (sulfide) groups is 1. The van der Waals surface area contributed by atoms with Crippen LogP contribution in [0.5, 0.6) is 17.2 Å². The predicted molar refractivity (Wildman–Crippen MR) is 300 cm³/mol. The molecule has 6 N–H and O–H groups in total. The summed E-state index contributed by atoms with van der Waals surface area (Å²) in [5.74, 6) is 12.2. The van der Waals surface area contributed by atoms with E-state index in [-0.39, 0.29) is 77.0 Å². The fourth-order valence-electron chi connectivity index (χ4n) is 9.09. The first-order valence-electron chi connectivity index (χ1n) is 24.3. The Hall–Kier alpha value is -2.78. The van der Waals surface area contributed by atoms with Crippen molar-refractivity contribution >= 4 is 82.8 Å². The number of amides is 1. The van der Waals surface area contributed by atoms with Gasteiger partial charge in [0.25, 0.3) is 0 Å². The average molecular weight is 1250 g/mol. The minimum atomic E-state index is -1.75. The van der Waals surface area contributed by atoms with Crippen molar-refractivity contribution in [1.29, 1.82) is 0 Å². The van der Waals surface area contributed by atoms with E-state index in [1.54, 1.807) is 40.9 Å². The number of benzene rings is 1. The molecule has 1 unspecified atom stereocenters. The van der Waals surface area contributed by atoms with Gasteiger partial charge in [0.1, 0.15) is 18.3 Å². The Kier molecular flexibility index (Phi) is 25.9. The van der Waals surface area contributed by atoms with Crippen molar-refractivity contribution in [2.24, 2.45) is 0 Å². The van der Waals surface area contributed by atoms with Gasteiger partial charge in [-0.05, 0) is 103 Å². The lowest BCUT2D eigenvalue weighted by Gasteiger charge is -2.46. The van der Waals surface area contributed by atoms with Gasteiger partial charge in [0.2, 0.25) is 10.9 Å². The number of hydrogen-bond donors (Lipinski definition) is 6. The number of aliphatic hydroxyl groups excluding tert-OH is 2. The highest BCUT2D eigenvalue weighted by Crippen LogP contribution is 2.48. The Morgan fingerprint density at radius 2 is 1.71 bits per heavy atom. The van der Waals surface area contributed by atoms with Gasteiger partial charge in [-0.25, -0.2) is 4.79 Å². The van der Waals surface area contributed by atoms with Gasteiger partial charge >= 0.3 is 6.09 Å². The Balaban J connectivity index is 1.47. The molecule has 0 radical (unpaired) electrons. The number of halogens is 1. The van der Waals surface area contributed by atoms with Crippen LogP contribution in [0.25, 0.3) is 0 Å². The van der Waals surface area contributed by atoms with E-state index < -0.39 is 84.3 Å². The van der Waals surface area contributed by atoms with Crippen LogP contribution < -0.4 is 30.3 Å². The maximum atomic E-state index is 14.1. The lowest BCUT2D eigenvalue weighted by atomic mass is 9.76. The minimum Gasteiger partial charge on any atom is -0.492 e. The first-order chi connectivity index (χ1) is 36.3. The molecule has 3 aliphatic heterocycles. The smallest absolute Gasteiger partial charge is 0.411 e. The number of carbonyl (C=O) groups excluding carboxylic acids is 3. The second-order valence-electron chi connectivity index (χ2n) is 17.8. The molecule has 1 amide bonds. The quantitative estimate of drug-likeness (QED) is 0.0298. The number of hydroxylamine groups is 1. The lowest BCUT2D eigenvalue weighted by molar-refractivity contribution is -0.336. The fraction of sp³-hybridized carbons (Fsp3) is 0.627. The number of rotatable bonds is 21. The summed E-state index contributed by atoms with van der Waals surface area (Å²) >= 11 is 2.99. The lowest BCUT2D eigenvalue weighted by Crippen LogP contribution is -2.65. The van der Waals surface area contributed by atoms with Crippen molar-refractivity contribution in [1.82, 2.24) is 16.1 Å². The summed E-state index contributed by atoms with van der Waals surface area (Å²) < 4.78 is 60.7. The number of ether oxygens (including phenoxy) is 10. The SMILES string of the molecule is CC#C/C=C\C#C[C@H](O[C@@H]1O[C@H](C)[C@@H](NO[C@H]2C[C@H](O)[C@H](SC(=O)c3c(C)c(I)c(OC)c(OC)c3OC)C(C)O2)[C@H](O)[C@H]1O[C@H]1C[C@H](OC)[C@@H](NCC)CO1)C1=C(NC(=O)OC)C(=O)C[C@](C)(O)/C1=C/CSSSC. The third-order valence-electron chi connectivity index (χ3n) is 12.8. The number of Topliss-reactive ketones (excluding diaryl/α,β-unsaturated/α-hetero) is 1. The second-order valence-corrected chi connectivity index (χ2v) is 24.4. The maximum Gasteiger partial charge on any atom is 0.411 e. The van der Waals surface area contributed by atoms with Gasteiger partial charge in [0, 0.05) is 37.7 Å². The summed E-state index contributed by atoms with van der Waals surface area (Å²) in [6.07, 6.45) is -5.43. The third-order valence-corrected chi connectivity index (χ3v) is 19.2. The Morgan fingerprint density at radius 1 is 1.00 bits per heavy atom. The molecule has 3 fully saturated rings. The molecule has 1 aliphatic carbocycles. The Bertz CT molecular complexity index is 2400. The van der Waals surface area contributed by atoms with Gasteiger partial charge < -0.3 is 68.0 Å². The molecule has 4 aliphatic rings. The molecule has 0 bridgehead atoms. The molecule has 1 aromatic carbocycles. The highest BCUT2D eigenvalue weighted by Gasteiger charge is 2.51. The van der Waals surface area contributed by atoms with E-state index >= 15 is 0 Å². The number of carbonyl (C=O) groups is 3. The van der Waals surface area contributed by atoms with Crippen LogP contribution in [-0.4, -0.2) is 178 Å². The zero-order valence-electron chi connectivity index (χ0n) is 44.5. The molecule has 25 heteroatoms. The number of alkyl carbamates (subject to hydrolysis) is 1. The first kappa shape index (κ1) is 64.0. The molecule has 0 aromatic heterocycles. The van der Waals surface area contributed by atoms with E-state index in [0.29, 0.717) is 27.2 Å². The van der Waals surface area contributed by atoms with Crippen molar-refractivity contribution in [2.45, 2.75) is 145 Å². The van der Waals surface area contributed by atoms with Crippen LogP contribution in [0.15, 0.2) is 35.1 Å². The molecule has 0 saturated carbocycles. The number of hydrogen-bond acceptors (Lipinski definition) is 23. The van der Waals surface area contributed by atoms with E-state index in [4.69, 9.17) is 52.2 Å². The van der Waals surface area contributed by atoms with E-state index in [1.807, 2.05) is 13.2 Å². The highest BCUT2D eigenvalue weighted by atomic mass is 127. The van der Waals surface area contributed by atoms with Crippen LogP contribution in [0.3, 0.4) is 0 Å². The van der Waals surface area contributed by atoms with Crippen molar-refractivity contribution in [3.8, 4) is 40.9 Å². The normalized spacial score (nSPS) is 30.7. The number of aliphatic hydroxyl groups is 3. The molecule has 1 aromatic rings. The summed E-state index contributed by atoms with van der Waals surface area (Å²) in [6, 6.07) is -1.21. The average Bonchev–Trinajstić information content (AvgIpc) is 3.39. The molecular weight excluding hydrogens is 1180 g/mol. The van der Waals surface area contributed by atoms with Crippen molar-refractivity contribution in [2.75, 3.05) is 60.7 Å². The molecule has 3 heterocycles. The molecule has 3 saturated heterocycles. The standard InChI is InChI=1S/C51H70IN3O17S4/c1-13-15-16-17-18-19-33(38-29(20-21-74-76-73-12)51(6,61)24-32(57)41(38)54-50(60)66-11)70-49-45(71-35-23-34(62-7)30(25-67-35)53-14-2)42(58)40(27(4)69-49)55-72-36-22-31(56)47(28(5)68-36)75-48(59)37-26(3)39(52)44(64-9)46(65-10)43(37)63-8/h16-17,20,27-28,30-31,33-36,40,42,45,47,49,53,55-56,58,61H,14,21-25H2,1-12H3,(H,54,60)/b17-16-,29-20+/t27-,28?,30+,31+,33+,34+,35+,36+,40-,42+,45-,47-,49+,51+/m1/s1. The van der Waals surface area contributed by atoms with Crippen molar-refractivity contribution < 1.29 is 81.9 Å². The van der Waals surface area contributed by atoms with Crippen LogP contribution >= 0.6 is 65.8 Å².